The molecule has 9 nitrogen and oxygen atoms in total. The number of hydrogen-bond acceptors (Lipinski definition) is 7. The van der Waals surface area contributed by atoms with E-state index < -0.39 is 17.5 Å². The van der Waals surface area contributed by atoms with Crippen LogP contribution in [0.1, 0.15) is 0 Å². The number of amides is 1. The standard InChI is InChI=1S/C24H21F2N7O2/c1-4-21(34)29-14-8-9-17(25)19(10-14)31-23-16(22-18(26)6-5-7-20(22)35-3)12-27-24(32-23)30-15-11-28-33(2)13-15/h4-13H,1H2,2-3H3,(H,29,34)(H2,27,30,31,32). The van der Waals surface area contributed by atoms with Crippen LogP contribution in [-0.4, -0.2) is 32.8 Å². The summed E-state index contributed by atoms with van der Waals surface area (Å²) in [6.45, 7) is 3.40. The zero-order valence-corrected chi connectivity index (χ0v) is 18.8. The first-order chi connectivity index (χ1) is 16.9. The van der Waals surface area contributed by atoms with Crippen LogP contribution < -0.4 is 20.7 Å². The molecule has 0 unspecified atom stereocenters. The highest BCUT2D eigenvalue weighted by atomic mass is 19.1. The molecule has 0 aliphatic carbocycles. The lowest BCUT2D eigenvalue weighted by molar-refractivity contribution is -0.111. The highest BCUT2D eigenvalue weighted by Crippen LogP contribution is 2.38. The summed E-state index contributed by atoms with van der Waals surface area (Å²) in [5.74, 6) is -1.14. The highest BCUT2D eigenvalue weighted by Gasteiger charge is 2.19. The molecule has 0 aliphatic heterocycles. The van der Waals surface area contributed by atoms with Crippen molar-refractivity contribution in [2.45, 2.75) is 0 Å². The molecule has 0 spiro atoms. The molecule has 178 valence electrons. The zero-order chi connectivity index (χ0) is 24.9. The molecule has 0 fully saturated rings. The molecule has 1 amide bonds. The number of anilines is 5. The van der Waals surface area contributed by atoms with Crippen LogP contribution in [0.2, 0.25) is 0 Å². The first-order valence-corrected chi connectivity index (χ1v) is 10.3. The number of hydrogen-bond donors (Lipinski definition) is 3. The van der Waals surface area contributed by atoms with Gasteiger partial charge < -0.3 is 20.7 Å². The second kappa shape index (κ2) is 10.00. The van der Waals surface area contributed by atoms with Crippen molar-refractivity contribution >= 4 is 34.7 Å². The Morgan fingerprint density at radius 2 is 1.94 bits per heavy atom. The van der Waals surface area contributed by atoms with Crippen LogP contribution in [0.3, 0.4) is 0 Å². The van der Waals surface area contributed by atoms with Crippen molar-refractivity contribution in [1.82, 2.24) is 19.7 Å². The van der Waals surface area contributed by atoms with Crippen molar-refractivity contribution in [3.05, 3.63) is 79.3 Å². The average molecular weight is 477 g/mol. The van der Waals surface area contributed by atoms with E-state index >= 15 is 0 Å². The lowest BCUT2D eigenvalue weighted by Gasteiger charge is -2.16. The molecule has 11 heteroatoms. The van der Waals surface area contributed by atoms with Gasteiger partial charge in [0, 0.05) is 30.7 Å². The van der Waals surface area contributed by atoms with Crippen molar-refractivity contribution in [1.29, 1.82) is 0 Å². The smallest absolute Gasteiger partial charge is 0.247 e. The summed E-state index contributed by atoms with van der Waals surface area (Å²) in [7, 11) is 3.17. The summed E-state index contributed by atoms with van der Waals surface area (Å²) in [5.41, 5.74) is 1.27. The highest BCUT2D eigenvalue weighted by molar-refractivity contribution is 5.99. The minimum absolute atomic E-state index is 0.00514. The van der Waals surface area contributed by atoms with Gasteiger partial charge in [0.05, 0.1) is 30.2 Å². The Hall–Kier alpha value is -4.80. The van der Waals surface area contributed by atoms with Gasteiger partial charge in [-0.15, -0.1) is 0 Å². The second-order valence-corrected chi connectivity index (χ2v) is 7.31. The Morgan fingerprint density at radius 3 is 2.66 bits per heavy atom. The molecule has 4 aromatic rings. The second-order valence-electron chi connectivity index (χ2n) is 7.31. The number of aromatic nitrogens is 4. The molecule has 0 atom stereocenters. The Morgan fingerprint density at radius 1 is 1.11 bits per heavy atom. The lowest BCUT2D eigenvalue weighted by atomic mass is 10.1. The van der Waals surface area contributed by atoms with E-state index in [9.17, 15) is 13.6 Å². The van der Waals surface area contributed by atoms with Gasteiger partial charge in [-0.25, -0.2) is 13.8 Å². The molecule has 0 saturated carbocycles. The number of aryl methyl sites for hydroxylation is 1. The first kappa shape index (κ1) is 23.4. The van der Waals surface area contributed by atoms with Gasteiger partial charge in [-0.05, 0) is 36.4 Å². The van der Waals surface area contributed by atoms with Gasteiger partial charge in [0.1, 0.15) is 23.2 Å². The fourth-order valence-electron chi connectivity index (χ4n) is 3.29. The molecule has 0 saturated heterocycles. The van der Waals surface area contributed by atoms with E-state index in [0.717, 1.165) is 6.08 Å². The van der Waals surface area contributed by atoms with Crippen LogP contribution in [0.15, 0.2) is 67.6 Å². The van der Waals surface area contributed by atoms with Gasteiger partial charge in [-0.3, -0.25) is 9.48 Å². The Bertz CT molecular complexity index is 1400. The van der Waals surface area contributed by atoms with Crippen molar-refractivity contribution in [2.24, 2.45) is 7.05 Å². The van der Waals surface area contributed by atoms with E-state index in [4.69, 9.17) is 4.74 Å². The van der Waals surface area contributed by atoms with Crippen LogP contribution in [0.4, 0.5) is 37.6 Å². The van der Waals surface area contributed by atoms with Gasteiger partial charge >= 0.3 is 0 Å². The quantitative estimate of drug-likeness (QED) is 0.314. The van der Waals surface area contributed by atoms with Crippen LogP contribution in [0, 0.1) is 11.6 Å². The summed E-state index contributed by atoms with van der Waals surface area (Å²) in [5, 5.41) is 12.5. The molecular formula is C24H21F2N7O2. The molecule has 0 radical (unpaired) electrons. The third kappa shape index (κ3) is 5.24. The van der Waals surface area contributed by atoms with Gasteiger partial charge in [-0.2, -0.15) is 10.1 Å². The first-order valence-electron chi connectivity index (χ1n) is 10.3. The normalized spacial score (nSPS) is 10.5. The average Bonchev–Trinajstić information content (AvgIpc) is 3.25. The van der Waals surface area contributed by atoms with Crippen LogP contribution in [0.25, 0.3) is 11.1 Å². The molecule has 2 heterocycles. The topological polar surface area (TPSA) is 106 Å². The van der Waals surface area contributed by atoms with Gasteiger partial charge in [0.2, 0.25) is 11.9 Å². The molecule has 4 rings (SSSR count). The molecule has 2 aromatic carbocycles. The number of nitrogens with zero attached hydrogens (tertiary/aromatic N) is 4. The van der Waals surface area contributed by atoms with E-state index in [1.54, 1.807) is 30.2 Å². The lowest BCUT2D eigenvalue weighted by Crippen LogP contribution is -2.08. The Kier molecular flexibility index (Phi) is 6.67. The number of ether oxygens (including phenoxy) is 1. The van der Waals surface area contributed by atoms with E-state index in [1.807, 2.05) is 0 Å². The number of halogens is 2. The summed E-state index contributed by atoms with van der Waals surface area (Å²) < 4.78 is 36.5. The molecular weight excluding hydrogens is 456 g/mol. The van der Waals surface area contributed by atoms with E-state index in [-0.39, 0.29) is 34.3 Å². The maximum Gasteiger partial charge on any atom is 0.247 e. The molecule has 2 aromatic heterocycles. The Balaban J connectivity index is 1.80. The molecule has 3 N–H and O–H groups in total. The molecule has 0 aliphatic rings. The van der Waals surface area contributed by atoms with E-state index in [1.165, 1.54) is 43.6 Å². The molecule has 0 bridgehead atoms. The van der Waals surface area contributed by atoms with Crippen LogP contribution in [-0.2, 0) is 11.8 Å². The van der Waals surface area contributed by atoms with Crippen LogP contribution >= 0.6 is 0 Å². The third-order valence-electron chi connectivity index (χ3n) is 4.89. The van der Waals surface area contributed by atoms with Gasteiger partial charge in [0.15, 0.2) is 0 Å². The van der Waals surface area contributed by atoms with Crippen LogP contribution in [0.5, 0.6) is 5.75 Å². The number of carbonyl (C=O) groups is 1. The summed E-state index contributed by atoms with van der Waals surface area (Å²) >= 11 is 0. The minimum Gasteiger partial charge on any atom is -0.496 e. The maximum atomic E-state index is 14.9. The third-order valence-corrected chi connectivity index (χ3v) is 4.89. The zero-order valence-electron chi connectivity index (χ0n) is 18.8. The summed E-state index contributed by atoms with van der Waals surface area (Å²) in [6.07, 6.45) is 5.79. The number of carbonyl (C=O) groups excluding carboxylic acids is 1. The van der Waals surface area contributed by atoms with Crippen molar-refractivity contribution in [3.63, 3.8) is 0 Å². The number of methoxy groups -OCH3 is 1. The Labute approximate surface area is 199 Å². The minimum atomic E-state index is -0.617. The number of rotatable bonds is 8. The summed E-state index contributed by atoms with van der Waals surface area (Å²) in [4.78, 5) is 20.4. The predicted molar refractivity (Wildman–Crippen MR) is 129 cm³/mol. The fraction of sp³-hybridized carbons (Fsp3) is 0.0833. The van der Waals surface area contributed by atoms with Crippen molar-refractivity contribution in [3.8, 4) is 16.9 Å². The summed E-state index contributed by atoms with van der Waals surface area (Å²) in [6, 6.07) is 8.34. The number of benzene rings is 2. The van der Waals surface area contributed by atoms with Gasteiger partial charge in [-0.1, -0.05) is 12.6 Å². The fourth-order valence-corrected chi connectivity index (χ4v) is 3.29. The monoisotopic (exact) mass is 477 g/mol. The van der Waals surface area contributed by atoms with Crippen molar-refractivity contribution < 1.29 is 18.3 Å². The van der Waals surface area contributed by atoms with E-state index in [0.29, 0.717) is 11.4 Å². The maximum absolute atomic E-state index is 14.9. The number of nitrogens with one attached hydrogen (secondary N) is 3. The predicted octanol–water partition coefficient (Wildman–Crippen LogP) is 4.78. The van der Waals surface area contributed by atoms with E-state index in [2.05, 4.69) is 37.6 Å². The van der Waals surface area contributed by atoms with Gasteiger partial charge in [0.25, 0.3) is 0 Å². The van der Waals surface area contributed by atoms with Crippen molar-refractivity contribution in [2.75, 3.05) is 23.1 Å². The SMILES string of the molecule is C=CC(=O)Nc1ccc(F)c(Nc2nc(Nc3cnn(C)c3)ncc2-c2c(F)cccc2OC)c1. The largest absolute Gasteiger partial charge is 0.496 e. The molecule has 35 heavy (non-hydrogen) atoms.